The first-order valence-electron chi connectivity index (χ1n) is 6.78. The molecule has 0 fully saturated rings. The lowest BCUT2D eigenvalue weighted by atomic mass is 9.98. The number of nitrogens with zero attached hydrogens (tertiary/aromatic N) is 1. The van der Waals surface area contributed by atoms with Crippen LogP contribution in [0.3, 0.4) is 0 Å². The second-order valence-electron chi connectivity index (χ2n) is 5.82. The van der Waals surface area contributed by atoms with E-state index in [1.165, 1.54) is 18.2 Å². The highest BCUT2D eigenvalue weighted by molar-refractivity contribution is 5.67. The van der Waals surface area contributed by atoms with Crippen LogP contribution in [0.5, 0.6) is 5.75 Å². The van der Waals surface area contributed by atoms with Crippen LogP contribution >= 0.6 is 0 Å². The maximum Gasteiger partial charge on any atom is 0.407 e. The van der Waals surface area contributed by atoms with Crippen molar-refractivity contribution in [2.24, 2.45) is 5.73 Å². The third kappa shape index (κ3) is 5.21. The van der Waals surface area contributed by atoms with Gasteiger partial charge in [0.1, 0.15) is 5.60 Å². The third-order valence-electron chi connectivity index (χ3n) is 2.84. The van der Waals surface area contributed by atoms with E-state index in [1.807, 2.05) is 0 Å². The molecule has 1 amide bonds. The molecule has 0 aliphatic rings. The number of ether oxygens (including phenoxy) is 1. The fourth-order valence-corrected chi connectivity index (χ4v) is 1.81. The number of nitro groups is 1. The lowest BCUT2D eigenvalue weighted by Gasteiger charge is -2.21. The largest absolute Gasteiger partial charge is 0.502 e. The summed E-state index contributed by atoms with van der Waals surface area (Å²) < 4.78 is 5.11. The standard InChI is InChI=1S/C14H21N3O5/c1-14(2,3)22-13(19)16-8-10(7-15)9-4-5-11(17(20)21)12(18)6-9/h4-6,10,18H,7-8,15H2,1-3H3,(H,16,19). The monoisotopic (exact) mass is 311 g/mol. The molecule has 0 saturated carbocycles. The van der Waals surface area contributed by atoms with Crippen molar-refractivity contribution >= 4 is 11.8 Å². The van der Waals surface area contributed by atoms with Gasteiger partial charge in [0.25, 0.3) is 0 Å². The molecule has 8 heteroatoms. The first-order valence-corrected chi connectivity index (χ1v) is 6.78. The Labute approximate surface area is 128 Å². The van der Waals surface area contributed by atoms with E-state index in [0.717, 1.165) is 0 Å². The number of nitrogens with two attached hydrogens (primary N) is 1. The summed E-state index contributed by atoms with van der Waals surface area (Å²) in [6, 6.07) is 4.00. The molecule has 1 aromatic carbocycles. The molecule has 22 heavy (non-hydrogen) atoms. The van der Waals surface area contributed by atoms with Crippen LogP contribution in [0.15, 0.2) is 18.2 Å². The van der Waals surface area contributed by atoms with Crippen LogP contribution in [0.25, 0.3) is 0 Å². The lowest BCUT2D eigenvalue weighted by Crippen LogP contribution is -2.36. The number of hydrogen-bond acceptors (Lipinski definition) is 6. The van der Waals surface area contributed by atoms with Crippen molar-refractivity contribution in [2.45, 2.75) is 32.3 Å². The summed E-state index contributed by atoms with van der Waals surface area (Å²) in [5.41, 5.74) is 5.28. The number of rotatable bonds is 5. The highest BCUT2D eigenvalue weighted by Gasteiger charge is 2.20. The van der Waals surface area contributed by atoms with Gasteiger partial charge >= 0.3 is 11.8 Å². The van der Waals surface area contributed by atoms with Gasteiger partial charge in [-0.1, -0.05) is 6.07 Å². The Bertz CT molecular complexity index is 554. The normalized spacial score (nSPS) is 12.5. The average molecular weight is 311 g/mol. The topological polar surface area (TPSA) is 128 Å². The number of benzene rings is 1. The van der Waals surface area contributed by atoms with Gasteiger partial charge in [-0.2, -0.15) is 0 Å². The number of nitrogens with one attached hydrogen (secondary N) is 1. The van der Waals surface area contributed by atoms with E-state index in [4.69, 9.17) is 10.5 Å². The molecule has 0 bridgehead atoms. The number of carbonyl (C=O) groups excluding carboxylic acids is 1. The molecule has 0 spiro atoms. The average Bonchev–Trinajstić information content (AvgIpc) is 2.36. The molecule has 122 valence electrons. The molecule has 1 rings (SSSR count). The van der Waals surface area contributed by atoms with Gasteiger partial charge in [-0.15, -0.1) is 0 Å². The lowest BCUT2D eigenvalue weighted by molar-refractivity contribution is -0.385. The van der Waals surface area contributed by atoms with Crippen molar-refractivity contribution in [3.63, 3.8) is 0 Å². The molecule has 4 N–H and O–H groups in total. The zero-order chi connectivity index (χ0) is 16.9. The minimum absolute atomic E-state index is 0.197. The van der Waals surface area contributed by atoms with Crippen molar-refractivity contribution in [3.8, 4) is 5.75 Å². The van der Waals surface area contributed by atoms with Crippen molar-refractivity contribution in [3.05, 3.63) is 33.9 Å². The van der Waals surface area contributed by atoms with Gasteiger partial charge in [0, 0.05) is 25.1 Å². The van der Waals surface area contributed by atoms with Gasteiger partial charge in [-0.3, -0.25) is 10.1 Å². The summed E-state index contributed by atoms with van der Waals surface area (Å²) in [5.74, 6) is -0.725. The molecular weight excluding hydrogens is 290 g/mol. The smallest absolute Gasteiger partial charge is 0.407 e. The number of carbonyl (C=O) groups is 1. The first kappa shape index (κ1) is 17.7. The molecule has 0 radical (unpaired) electrons. The zero-order valence-electron chi connectivity index (χ0n) is 12.8. The summed E-state index contributed by atoms with van der Waals surface area (Å²) in [5, 5.41) is 22.9. The molecule has 1 atom stereocenters. The van der Waals surface area contributed by atoms with Crippen molar-refractivity contribution < 1.29 is 19.6 Å². The first-order chi connectivity index (χ1) is 10.1. The molecular formula is C14H21N3O5. The number of alkyl carbamates (subject to hydrolysis) is 1. The van der Waals surface area contributed by atoms with E-state index in [0.29, 0.717) is 5.56 Å². The Hall–Kier alpha value is -2.35. The Balaban J connectivity index is 2.74. The van der Waals surface area contributed by atoms with Crippen LogP contribution < -0.4 is 11.1 Å². The number of nitro benzene ring substituents is 1. The van der Waals surface area contributed by atoms with Gasteiger partial charge in [-0.25, -0.2) is 4.79 Å². The Kier molecular flexibility index (Phi) is 5.69. The van der Waals surface area contributed by atoms with E-state index in [9.17, 15) is 20.0 Å². The van der Waals surface area contributed by atoms with E-state index in [1.54, 1.807) is 20.8 Å². The number of amides is 1. The van der Waals surface area contributed by atoms with Crippen LogP contribution in [0.1, 0.15) is 32.3 Å². The maximum atomic E-state index is 11.6. The third-order valence-corrected chi connectivity index (χ3v) is 2.84. The van der Waals surface area contributed by atoms with Crippen LogP contribution in [0.4, 0.5) is 10.5 Å². The van der Waals surface area contributed by atoms with E-state index < -0.39 is 22.4 Å². The van der Waals surface area contributed by atoms with Crippen molar-refractivity contribution in [1.29, 1.82) is 0 Å². The number of phenols is 1. The molecule has 0 aliphatic carbocycles. The second-order valence-corrected chi connectivity index (χ2v) is 5.82. The maximum absolute atomic E-state index is 11.6. The summed E-state index contributed by atoms with van der Waals surface area (Å²) in [6.45, 7) is 5.65. The van der Waals surface area contributed by atoms with Crippen LogP contribution in [0.2, 0.25) is 0 Å². The van der Waals surface area contributed by atoms with Gasteiger partial charge < -0.3 is 20.9 Å². The minimum atomic E-state index is -0.671. The summed E-state index contributed by atoms with van der Waals surface area (Å²) in [6.07, 6.45) is -0.572. The van der Waals surface area contributed by atoms with Crippen molar-refractivity contribution in [1.82, 2.24) is 5.32 Å². The van der Waals surface area contributed by atoms with Crippen LogP contribution in [-0.4, -0.2) is 34.8 Å². The van der Waals surface area contributed by atoms with Crippen LogP contribution in [-0.2, 0) is 4.74 Å². The molecule has 0 aromatic heterocycles. The number of aromatic hydroxyl groups is 1. The molecule has 1 unspecified atom stereocenters. The fourth-order valence-electron chi connectivity index (χ4n) is 1.81. The highest BCUT2D eigenvalue weighted by atomic mass is 16.6. The van der Waals surface area contributed by atoms with Gasteiger partial charge in [0.2, 0.25) is 0 Å². The van der Waals surface area contributed by atoms with E-state index >= 15 is 0 Å². The molecule has 0 aliphatic heterocycles. The number of phenolic OH excluding ortho intramolecular Hbond substituents is 1. The Morgan fingerprint density at radius 1 is 1.50 bits per heavy atom. The molecule has 0 heterocycles. The second kappa shape index (κ2) is 7.08. The van der Waals surface area contributed by atoms with Crippen LogP contribution in [0, 0.1) is 10.1 Å². The number of hydrogen-bond donors (Lipinski definition) is 3. The van der Waals surface area contributed by atoms with Gasteiger partial charge in [0.15, 0.2) is 5.75 Å². The summed E-state index contributed by atoms with van der Waals surface area (Å²) in [7, 11) is 0. The van der Waals surface area contributed by atoms with E-state index in [-0.39, 0.29) is 24.7 Å². The van der Waals surface area contributed by atoms with Gasteiger partial charge in [0.05, 0.1) is 4.92 Å². The minimum Gasteiger partial charge on any atom is -0.502 e. The zero-order valence-corrected chi connectivity index (χ0v) is 12.8. The van der Waals surface area contributed by atoms with E-state index in [2.05, 4.69) is 5.32 Å². The molecule has 8 nitrogen and oxygen atoms in total. The summed E-state index contributed by atoms with van der Waals surface area (Å²) in [4.78, 5) is 21.6. The fraction of sp³-hybridized carbons (Fsp3) is 0.500. The highest BCUT2D eigenvalue weighted by Crippen LogP contribution is 2.29. The quantitative estimate of drug-likeness (QED) is 0.562. The van der Waals surface area contributed by atoms with Gasteiger partial charge in [-0.05, 0) is 32.4 Å². The molecule has 0 saturated heterocycles. The summed E-state index contributed by atoms with van der Waals surface area (Å²) >= 11 is 0. The predicted octanol–water partition coefficient (Wildman–Crippen LogP) is 1.87. The SMILES string of the molecule is CC(C)(C)OC(=O)NCC(CN)c1ccc([N+](=O)[O-])c(O)c1. The Morgan fingerprint density at radius 3 is 2.59 bits per heavy atom. The molecule has 1 aromatic rings. The Morgan fingerprint density at radius 2 is 2.14 bits per heavy atom. The predicted molar refractivity (Wildman–Crippen MR) is 80.8 cm³/mol. The van der Waals surface area contributed by atoms with Crippen molar-refractivity contribution in [2.75, 3.05) is 13.1 Å².